The first-order valence-electron chi connectivity index (χ1n) is 37.6. The van der Waals surface area contributed by atoms with E-state index < -0.39 is 0 Å². The number of hydrogen-bond acceptors (Lipinski definition) is 4. The van der Waals surface area contributed by atoms with Crippen LogP contribution in [0.3, 0.4) is 0 Å². The predicted octanol–water partition coefficient (Wildman–Crippen LogP) is 30.7. The van der Waals surface area contributed by atoms with Gasteiger partial charge in [-0.1, -0.05) is 317 Å². The molecule has 19 aromatic rings. The van der Waals surface area contributed by atoms with Crippen LogP contribution in [0.5, 0.6) is 0 Å². The molecular weight excluding hydrogens is 1350 g/mol. The molecule has 3 aliphatic carbocycles. The number of rotatable bonds is 10. The van der Waals surface area contributed by atoms with Crippen molar-refractivity contribution in [1.82, 2.24) is 0 Å². The van der Waals surface area contributed by atoms with E-state index in [1.54, 1.807) is 0 Å². The summed E-state index contributed by atoms with van der Waals surface area (Å²) >= 11 is 3.86. The summed E-state index contributed by atoms with van der Waals surface area (Å²) in [5.74, 6) is 0. The van der Waals surface area contributed by atoms with Crippen LogP contribution in [-0.2, 0) is 5.41 Å². The number of hydrogen-bond donors (Lipinski definition) is 0. The van der Waals surface area contributed by atoms with E-state index in [0.717, 1.165) is 34.1 Å². The third-order valence-corrected chi connectivity index (χ3v) is 25.4. The Morgan fingerprint density at radius 3 is 0.908 bits per heavy atom. The Morgan fingerprint density at radius 2 is 0.495 bits per heavy atom. The van der Waals surface area contributed by atoms with Gasteiger partial charge in [0.05, 0.1) is 0 Å². The third-order valence-electron chi connectivity index (χ3n) is 22.9. The molecule has 0 spiro atoms. The van der Waals surface area contributed by atoms with Crippen molar-refractivity contribution < 1.29 is 0 Å². The SMILES string of the molecule is CC1(C)c2ccccc2-c2ccc(N(c3ccccc3)c3ccc(-c4ccc(-c5sc6c7c(cc8ccccc86)-c6ccccc6-c6ccccc6-c57)cc4)cc3)cc21.c1ccc(N(c2ccccc2)c2ccc(-c3ccc(-c4sc5c6c(cc7ccccc75)-c5ccccc5-c5ccccc5-c46)cc3)cc2)cc1. The molecule has 0 aliphatic heterocycles. The van der Waals surface area contributed by atoms with Crippen LogP contribution in [0, 0.1) is 0 Å². The average Bonchev–Trinajstić information content (AvgIpc) is 1.56. The third kappa shape index (κ3) is 10.7. The van der Waals surface area contributed by atoms with Gasteiger partial charge in [0, 0.05) is 80.6 Å². The Balaban J connectivity index is 0.000000141. The molecule has 0 amide bonds. The molecule has 0 fully saturated rings. The maximum absolute atomic E-state index is 2.41. The van der Waals surface area contributed by atoms with Gasteiger partial charge in [-0.25, -0.2) is 0 Å². The zero-order valence-electron chi connectivity index (χ0n) is 60.2. The van der Waals surface area contributed by atoms with Gasteiger partial charge in [0.25, 0.3) is 0 Å². The lowest BCUT2D eigenvalue weighted by Gasteiger charge is -2.28. The first kappa shape index (κ1) is 64.2. The van der Waals surface area contributed by atoms with Gasteiger partial charge >= 0.3 is 0 Å². The van der Waals surface area contributed by atoms with Gasteiger partial charge in [0.2, 0.25) is 0 Å². The highest BCUT2D eigenvalue weighted by molar-refractivity contribution is 7.24. The molecule has 2 nitrogen and oxygen atoms in total. The summed E-state index contributed by atoms with van der Waals surface area (Å²) in [5.41, 5.74) is 35.2. The second-order valence-electron chi connectivity index (χ2n) is 29.3. The molecular formula is C105H70N2S2. The fourth-order valence-corrected chi connectivity index (χ4v) is 20.4. The van der Waals surface area contributed by atoms with Crippen LogP contribution in [0.4, 0.5) is 34.1 Å². The lowest BCUT2D eigenvalue weighted by Crippen LogP contribution is -2.16. The first-order valence-corrected chi connectivity index (χ1v) is 39.2. The molecule has 0 saturated carbocycles. The molecule has 0 radical (unpaired) electrons. The van der Waals surface area contributed by atoms with Crippen LogP contribution in [0.15, 0.2) is 388 Å². The molecule has 17 aromatic carbocycles. The smallest absolute Gasteiger partial charge is 0.0465 e. The highest BCUT2D eigenvalue weighted by atomic mass is 32.1. The normalized spacial score (nSPS) is 12.4. The molecule has 0 atom stereocenters. The van der Waals surface area contributed by atoms with E-state index in [0.29, 0.717) is 0 Å². The minimum absolute atomic E-state index is 0.0719. The lowest BCUT2D eigenvalue weighted by molar-refractivity contribution is 0.660. The second-order valence-corrected chi connectivity index (χ2v) is 31.4. The van der Waals surface area contributed by atoms with Gasteiger partial charge in [0.15, 0.2) is 0 Å². The number of thiophene rings is 2. The van der Waals surface area contributed by atoms with E-state index in [4.69, 9.17) is 0 Å². The maximum Gasteiger partial charge on any atom is 0.0465 e. The van der Waals surface area contributed by atoms with Gasteiger partial charge in [-0.05, 0) is 218 Å². The van der Waals surface area contributed by atoms with E-state index in [9.17, 15) is 0 Å². The molecule has 0 saturated heterocycles. The van der Waals surface area contributed by atoms with Crippen LogP contribution in [0.25, 0.3) is 163 Å². The van der Waals surface area contributed by atoms with Gasteiger partial charge < -0.3 is 9.80 Å². The largest absolute Gasteiger partial charge is 0.311 e. The number of benzene rings is 17. The van der Waals surface area contributed by atoms with Crippen LogP contribution >= 0.6 is 22.7 Å². The quantitative estimate of drug-likeness (QED) is 0.135. The van der Waals surface area contributed by atoms with Crippen LogP contribution in [-0.4, -0.2) is 0 Å². The fraction of sp³-hybridized carbons (Fsp3) is 0.0286. The summed E-state index contributed by atoms with van der Waals surface area (Å²) in [7, 11) is 0. The molecule has 22 rings (SSSR count). The van der Waals surface area contributed by atoms with E-state index >= 15 is 0 Å². The highest BCUT2D eigenvalue weighted by Gasteiger charge is 2.36. The summed E-state index contributed by atoms with van der Waals surface area (Å²) in [6.45, 7) is 4.70. The van der Waals surface area contributed by atoms with Crippen molar-refractivity contribution in [3.8, 4) is 121 Å². The van der Waals surface area contributed by atoms with Gasteiger partial charge in [0.1, 0.15) is 0 Å². The Kier molecular flexibility index (Phi) is 15.4. The van der Waals surface area contributed by atoms with Crippen molar-refractivity contribution in [2.45, 2.75) is 19.3 Å². The van der Waals surface area contributed by atoms with Crippen molar-refractivity contribution in [2.75, 3.05) is 9.80 Å². The van der Waals surface area contributed by atoms with Crippen molar-refractivity contribution in [1.29, 1.82) is 0 Å². The molecule has 0 N–H and O–H groups in total. The van der Waals surface area contributed by atoms with Crippen molar-refractivity contribution in [2.24, 2.45) is 0 Å². The summed E-state index contributed by atoms with van der Waals surface area (Å²) < 4.78 is 2.71. The lowest BCUT2D eigenvalue weighted by atomic mass is 9.82. The topological polar surface area (TPSA) is 6.48 Å². The number of fused-ring (bicyclic) bond motifs is 17. The second kappa shape index (κ2) is 26.1. The molecule has 2 aromatic heterocycles. The van der Waals surface area contributed by atoms with Crippen molar-refractivity contribution in [3.63, 3.8) is 0 Å². The van der Waals surface area contributed by atoms with Gasteiger partial charge in [-0.3, -0.25) is 0 Å². The van der Waals surface area contributed by atoms with Crippen molar-refractivity contribution in [3.05, 3.63) is 399 Å². The fourth-order valence-electron chi connectivity index (χ4n) is 17.7. The number of para-hydroxylation sites is 3. The standard InChI is InChI=1S/C57H39NS.C48H31NS/c1-57(2)51-23-13-12-21-47(51)48-33-32-42(35-52(48)57)58(40-15-4-3-5-16-40)41-30-28-37(29-31-41)36-24-26-38(27-25-36)55-53-49-22-11-10-19-45(49)44-18-8-9-20-46(44)50-34-39-14-6-7-17-43(39)56(59-55)54(50)53;1-3-14-36(15-4-1)49(37-16-5-2-6-17-37)38-29-27-33(28-30-38)32-23-25-34(26-24-32)47-45-43-22-12-11-20-41(43)40-19-9-10-21-42(40)44-31-35-13-7-8-18-39(35)48(50-47)46(44)45/h3-35H,1-2H3;1-31H. The Morgan fingerprint density at radius 1 is 0.211 bits per heavy atom. The summed E-state index contributed by atoms with van der Waals surface area (Å²) in [6, 6.07) is 143. The van der Waals surface area contributed by atoms with Crippen LogP contribution < -0.4 is 9.80 Å². The Bertz CT molecular complexity index is 6730. The first-order chi connectivity index (χ1) is 53.8. The summed E-state index contributed by atoms with van der Waals surface area (Å²) in [4.78, 5) is 7.33. The summed E-state index contributed by atoms with van der Waals surface area (Å²) in [5, 5.41) is 7.92. The minimum atomic E-state index is -0.0719. The molecule has 512 valence electrons. The van der Waals surface area contributed by atoms with Crippen molar-refractivity contribution >= 4 is 98.5 Å². The molecule has 2 heterocycles. The van der Waals surface area contributed by atoms with E-state index in [1.165, 1.54) is 174 Å². The van der Waals surface area contributed by atoms with E-state index in [1.807, 2.05) is 22.7 Å². The molecule has 0 bridgehead atoms. The van der Waals surface area contributed by atoms with Gasteiger partial charge in [-0.2, -0.15) is 0 Å². The Hall–Kier alpha value is -13.2. The molecule has 0 unspecified atom stereocenters. The number of nitrogens with zero attached hydrogens (tertiary/aromatic N) is 2. The van der Waals surface area contributed by atoms with Gasteiger partial charge in [-0.15, -0.1) is 22.7 Å². The number of anilines is 6. The molecule has 3 aliphatic rings. The Labute approximate surface area is 643 Å². The monoisotopic (exact) mass is 1420 g/mol. The predicted molar refractivity (Wildman–Crippen MR) is 467 cm³/mol. The zero-order chi connectivity index (χ0) is 72.3. The maximum atomic E-state index is 2.41. The minimum Gasteiger partial charge on any atom is -0.311 e. The molecule has 4 heteroatoms. The molecule has 109 heavy (non-hydrogen) atoms. The highest BCUT2D eigenvalue weighted by Crippen LogP contribution is 2.59. The average molecular weight is 1420 g/mol. The van der Waals surface area contributed by atoms with E-state index in [2.05, 4.69) is 412 Å². The zero-order valence-corrected chi connectivity index (χ0v) is 61.8. The van der Waals surface area contributed by atoms with E-state index in [-0.39, 0.29) is 5.41 Å². The van der Waals surface area contributed by atoms with Crippen LogP contribution in [0.2, 0.25) is 0 Å². The summed E-state index contributed by atoms with van der Waals surface area (Å²) in [6.07, 6.45) is 0. The van der Waals surface area contributed by atoms with Crippen LogP contribution in [0.1, 0.15) is 25.0 Å².